The maximum absolute atomic E-state index is 11.2. The summed E-state index contributed by atoms with van der Waals surface area (Å²) in [6.07, 6.45) is 7.38. The molecule has 2 atom stereocenters. The fourth-order valence-corrected chi connectivity index (χ4v) is 3.30. The van der Waals surface area contributed by atoms with Crippen molar-refractivity contribution in [1.82, 2.24) is 9.97 Å². The molecule has 0 saturated heterocycles. The Bertz CT molecular complexity index is 394. The van der Waals surface area contributed by atoms with E-state index in [1.54, 1.807) is 12.4 Å². The Morgan fingerprint density at radius 2 is 2.00 bits per heavy atom. The molecule has 0 radical (unpaired) electrons. The van der Waals surface area contributed by atoms with Crippen molar-refractivity contribution in [3.8, 4) is 0 Å². The predicted molar refractivity (Wildman–Crippen MR) is 66.0 cm³/mol. The second-order valence-corrected chi connectivity index (χ2v) is 5.63. The molecule has 2 rings (SSSR count). The number of aryl methyl sites for hydroxylation is 1. The van der Waals surface area contributed by atoms with E-state index in [-0.39, 0.29) is 11.2 Å². The van der Waals surface area contributed by atoms with Crippen molar-refractivity contribution in [2.75, 3.05) is 0 Å². The van der Waals surface area contributed by atoms with E-state index in [2.05, 4.69) is 9.97 Å². The maximum atomic E-state index is 11.2. The first-order valence-corrected chi connectivity index (χ1v) is 6.73. The third-order valence-electron chi connectivity index (χ3n) is 3.03. The summed E-state index contributed by atoms with van der Waals surface area (Å²) in [6.45, 7) is 1.94. The Kier molecular flexibility index (Phi) is 3.99. The van der Waals surface area contributed by atoms with Crippen LogP contribution >= 0.6 is 11.8 Å². The van der Waals surface area contributed by atoms with E-state index < -0.39 is 5.97 Å². The van der Waals surface area contributed by atoms with Crippen LogP contribution in [0.15, 0.2) is 17.6 Å². The smallest absolute Gasteiger partial charge is 0.307 e. The summed E-state index contributed by atoms with van der Waals surface area (Å²) in [5.74, 6) is -0.937. The lowest BCUT2D eigenvalue weighted by Crippen LogP contribution is -2.29. The van der Waals surface area contributed by atoms with Crippen molar-refractivity contribution in [2.24, 2.45) is 5.92 Å². The lowest BCUT2D eigenvalue weighted by molar-refractivity contribution is -0.142. The Labute approximate surface area is 105 Å². The topological polar surface area (TPSA) is 63.1 Å². The van der Waals surface area contributed by atoms with Gasteiger partial charge in [-0.2, -0.15) is 0 Å². The van der Waals surface area contributed by atoms with Gasteiger partial charge in [-0.1, -0.05) is 24.6 Å². The van der Waals surface area contributed by atoms with Crippen LogP contribution in [0.2, 0.25) is 0 Å². The van der Waals surface area contributed by atoms with Crippen LogP contribution in [0.1, 0.15) is 31.2 Å². The fraction of sp³-hybridized carbons (Fsp3) is 0.583. The summed E-state index contributed by atoms with van der Waals surface area (Å²) in [6, 6.07) is 0. The molecule has 1 aliphatic carbocycles. The third kappa shape index (κ3) is 3.19. The molecule has 2 unspecified atom stereocenters. The number of carbonyl (C=O) groups is 1. The molecule has 0 aromatic carbocycles. The zero-order valence-corrected chi connectivity index (χ0v) is 10.6. The van der Waals surface area contributed by atoms with Crippen LogP contribution in [-0.2, 0) is 4.79 Å². The molecule has 1 aromatic rings. The number of carboxylic acid groups (broad SMARTS) is 1. The van der Waals surface area contributed by atoms with Crippen molar-refractivity contribution in [3.63, 3.8) is 0 Å². The van der Waals surface area contributed by atoms with Crippen molar-refractivity contribution >= 4 is 17.7 Å². The lowest BCUT2D eigenvalue weighted by atomic mass is 9.89. The first-order chi connectivity index (χ1) is 8.16. The van der Waals surface area contributed by atoms with Crippen LogP contribution < -0.4 is 0 Å². The van der Waals surface area contributed by atoms with Crippen LogP contribution in [0.4, 0.5) is 0 Å². The van der Waals surface area contributed by atoms with Crippen LogP contribution in [-0.4, -0.2) is 26.3 Å². The van der Waals surface area contributed by atoms with E-state index in [0.29, 0.717) is 5.16 Å². The molecular formula is C12H16N2O2S. The number of hydrogen-bond acceptors (Lipinski definition) is 4. The van der Waals surface area contributed by atoms with Crippen molar-refractivity contribution in [3.05, 3.63) is 18.0 Å². The van der Waals surface area contributed by atoms with E-state index in [4.69, 9.17) is 0 Å². The molecule has 0 spiro atoms. The quantitative estimate of drug-likeness (QED) is 0.837. The average molecular weight is 252 g/mol. The number of thioether (sulfide) groups is 1. The molecule has 1 saturated carbocycles. The van der Waals surface area contributed by atoms with Gasteiger partial charge in [0.25, 0.3) is 0 Å². The van der Waals surface area contributed by atoms with Crippen LogP contribution in [0.3, 0.4) is 0 Å². The zero-order valence-electron chi connectivity index (χ0n) is 9.80. The number of aliphatic carboxylic acids is 1. The van der Waals surface area contributed by atoms with Crippen LogP contribution in [0, 0.1) is 12.8 Å². The molecule has 17 heavy (non-hydrogen) atoms. The van der Waals surface area contributed by atoms with E-state index in [9.17, 15) is 9.90 Å². The highest BCUT2D eigenvalue weighted by molar-refractivity contribution is 7.99. The van der Waals surface area contributed by atoms with Gasteiger partial charge < -0.3 is 5.11 Å². The van der Waals surface area contributed by atoms with Gasteiger partial charge in [-0.15, -0.1) is 0 Å². The average Bonchev–Trinajstić information content (AvgIpc) is 2.32. The Morgan fingerprint density at radius 1 is 1.35 bits per heavy atom. The molecule has 92 valence electrons. The fourth-order valence-electron chi connectivity index (χ4n) is 2.10. The van der Waals surface area contributed by atoms with Gasteiger partial charge in [-0.25, -0.2) is 9.97 Å². The van der Waals surface area contributed by atoms with Gasteiger partial charge in [0.2, 0.25) is 0 Å². The summed E-state index contributed by atoms with van der Waals surface area (Å²) >= 11 is 1.51. The SMILES string of the molecule is Cc1cnc(SC2CCCCC2C(=O)O)nc1. The van der Waals surface area contributed by atoms with Gasteiger partial charge in [0.05, 0.1) is 5.92 Å². The normalized spacial score (nSPS) is 24.5. The Balaban J connectivity index is 2.05. The highest BCUT2D eigenvalue weighted by Gasteiger charge is 2.31. The summed E-state index contributed by atoms with van der Waals surface area (Å²) in [5.41, 5.74) is 1.02. The predicted octanol–water partition coefficient (Wildman–Crippen LogP) is 2.52. The molecular weight excluding hydrogens is 236 g/mol. The number of aromatic nitrogens is 2. The zero-order chi connectivity index (χ0) is 12.3. The lowest BCUT2D eigenvalue weighted by Gasteiger charge is -2.27. The summed E-state index contributed by atoms with van der Waals surface area (Å²) in [5, 5.41) is 9.98. The molecule has 0 aliphatic heterocycles. The summed E-state index contributed by atoms with van der Waals surface area (Å²) in [4.78, 5) is 19.6. The van der Waals surface area contributed by atoms with Gasteiger partial charge in [-0.3, -0.25) is 4.79 Å². The standard InChI is InChI=1S/C12H16N2O2S/c1-8-6-13-12(14-7-8)17-10-5-3-2-4-9(10)11(15)16/h6-7,9-10H,2-5H2,1H3,(H,15,16). The molecule has 1 heterocycles. The molecule has 1 aliphatic rings. The Morgan fingerprint density at radius 3 is 2.65 bits per heavy atom. The highest BCUT2D eigenvalue weighted by atomic mass is 32.2. The largest absolute Gasteiger partial charge is 0.481 e. The van der Waals surface area contributed by atoms with Gasteiger partial charge in [0, 0.05) is 17.6 Å². The second-order valence-electron chi connectivity index (χ2n) is 4.43. The molecule has 0 bridgehead atoms. The summed E-state index contributed by atoms with van der Waals surface area (Å²) < 4.78 is 0. The maximum Gasteiger partial charge on any atom is 0.307 e. The highest BCUT2D eigenvalue weighted by Crippen LogP contribution is 2.36. The molecule has 1 aromatic heterocycles. The minimum atomic E-state index is -0.686. The first kappa shape index (κ1) is 12.4. The van der Waals surface area contributed by atoms with Gasteiger partial charge in [0.1, 0.15) is 0 Å². The number of rotatable bonds is 3. The van der Waals surface area contributed by atoms with Gasteiger partial charge in [0.15, 0.2) is 5.16 Å². The monoisotopic (exact) mass is 252 g/mol. The number of hydrogen-bond donors (Lipinski definition) is 1. The van der Waals surface area contributed by atoms with Gasteiger partial charge >= 0.3 is 5.97 Å². The van der Waals surface area contributed by atoms with E-state index in [1.807, 2.05) is 6.92 Å². The molecule has 0 amide bonds. The molecule has 5 heteroatoms. The minimum absolute atomic E-state index is 0.115. The molecule has 4 nitrogen and oxygen atoms in total. The van der Waals surface area contributed by atoms with Crippen molar-refractivity contribution < 1.29 is 9.90 Å². The number of nitrogens with zero attached hydrogens (tertiary/aromatic N) is 2. The van der Waals surface area contributed by atoms with E-state index >= 15 is 0 Å². The van der Waals surface area contributed by atoms with Crippen LogP contribution in [0.25, 0.3) is 0 Å². The Hall–Kier alpha value is -1.10. The van der Waals surface area contributed by atoms with Crippen molar-refractivity contribution in [1.29, 1.82) is 0 Å². The minimum Gasteiger partial charge on any atom is -0.481 e. The molecule has 1 N–H and O–H groups in total. The second kappa shape index (κ2) is 5.49. The first-order valence-electron chi connectivity index (χ1n) is 5.85. The van der Waals surface area contributed by atoms with E-state index in [0.717, 1.165) is 31.2 Å². The van der Waals surface area contributed by atoms with Gasteiger partial charge in [-0.05, 0) is 25.3 Å². The van der Waals surface area contributed by atoms with Crippen LogP contribution in [0.5, 0.6) is 0 Å². The number of carboxylic acids is 1. The van der Waals surface area contributed by atoms with E-state index in [1.165, 1.54) is 11.8 Å². The van der Waals surface area contributed by atoms with Crippen molar-refractivity contribution in [2.45, 2.75) is 43.0 Å². The third-order valence-corrected chi connectivity index (χ3v) is 4.32. The summed E-state index contributed by atoms with van der Waals surface area (Å²) in [7, 11) is 0. The molecule has 1 fully saturated rings.